The molecule has 5 nitrogen and oxygen atoms in total. The maximum absolute atomic E-state index is 12.1. The largest absolute Gasteiger partial charge is 0.385 e. The van der Waals surface area contributed by atoms with Gasteiger partial charge in [0.2, 0.25) is 0 Å². The molecule has 1 heterocycles. The second kappa shape index (κ2) is 6.92. The molecule has 0 aliphatic rings. The lowest BCUT2D eigenvalue weighted by atomic mass is 10.1. The zero-order valence-corrected chi connectivity index (χ0v) is 12.7. The minimum Gasteiger partial charge on any atom is -0.385 e. The van der Waals surface area contributed by atoms with Gasteiger partial charge in [-0.1, -0.05) is 12.1 Å². The number of aryl methyl sites for hydroxylation is 2. The summed E-state index contributed by atoms with van der Waals surface area (Å²) in [6.45, 7) is 7.23. The number of hydrogen-bond donors (Lipinski definition) is 2. The second-order valence-corrected chi connectivity index (χ2v) is 5.07. The van der Waals surface area contributed by atoms with Gasteiger partial charge in [0, 0.05) is 23.9 Å². The Hall–Kier alpha value is -2.30. The minimum absolute atomic E-state index is 0.116. The summed E-state index contributed by atoms with van der Waals surface area (Å²) in [6, 6.07) is 7.47. The predicted octanol–water partition coefficient (Wildman–Crippen LogP) is 3.04. The van der Waals surface area contributed by atoms with Crippen molar-refractivity contribution in [3.8, 4) is 0 Å². The molecule has 0 spiro atoms. The highest BCUT2D eigenvalue weighted by Crippen LogP contribution is 2.16. The Morgan fingerprint density at radius 1 is 1.29 bits per heavy atom. The molecule has 5 heteroatoms. The topological polar surface area (TPSA) is 67.2 Å². The van der Waals surface area contributed by atoms with Gasteiger partial charge in [0.15, 0.2) is 5.76 Å². The average Bonchev–Trinajstić information content (AvgIpc) is 2.89. The van der Waals surface area contributed by atoms with Crippen LogP contribution in [0.1, 0.15) is 40.7 Å². The van der Waals surface area contributed by atoms with Crippen molar-refractivity contribution in [3.05, 3.63) is 46.8 Å². The second-order valence-electron chi connectivity index (χ2n) is 5.07. The highest BCUT2D eigenvalue weighted by atomic mass is 16.5. The van der Waals surface area contributed by atoms with Crippen molar-refractivity contribution < 1.29 is 9.32 Å². The molecular weight excluding hydrogens is 266 g/mol. The third-order valence-electron chi connectivity index (χ3n) is 3.15. The lowest BCUT2D eigenvalue weighted by Gasteiger charge is -2.10. The van der Waals surface area contributed by atoms with Crippen molar-refractivity contribution in [1.29, 1.82) is 0 Å². The standard InChI is InChI=1S/C16H21N3O2/c1-4-7-17-15-6-5-13(8-11(15)2)16(20)18-10-14-9-12(3)19-21-14/h5-6,8-9,17H,4,7,10H2,1-3H3,(H,18,20). The molecule has 0 atom stereocenters. The van der Waals surface area contributed by atoms with E-state index in [0.717, 1.165) is 29.9 Å². The Bertz CT molecular complexity index is 620. The SMILES string of the molecule is CCCNc1ccc(C(=O)NCc2cc(C)no2)cc1C. The molecule has 1 aromatic carbocycles. The Labute approximate surface area is 124 Å². The van der Waals surface area contributed by atoms with Crippen LogP contribution in [0.3, 0.4) is 0 Å². The van der Waals surface area contributed by atoms with Crippen LogP contribution in [0.25, 0.3) is 0 Å². The van der Waals surface area contributed by atoms with Crippen molar-refractivity contribution in [2.75, 3.05) is 11.9 Å². The first-order valence-electron chi connectivity index (χ1n) is 7.15. The van der Waals surface area contributed by atoms with Crippen LogP contribution in [0.15, 0.2) is 28.8 Å². The molecule has 0 saturated carbocycles. The van der Waals surface area contributed by atoms with Crippen molar-refractivity contribution >= 4 is 11.6 Å². The lowest BCUT2D eigenvalue weighted by Crippen LogP contribution is -2.22. The molecule has 0 saturated heterocycles. The van der Waals surface area contributed by atoms with Crippen LogP contribution < -0.4 is 10.6 Å². The maximum Gasteiger partial charge on any atom is 0.251 e. The highest BCUT2D eigenvalue weighted by molar-refractivity contribution is 5.94. The molecule has 0 aliphatic heterocycles. The third kappa shape index (κ3) is 4.08. The van der Waals surface area contributed by atoms with Gasteiger partial charge in [0.25, 0.3) is 5.91 Å². The van der Waals surface area contributed by atoms with Crippen molar-refractivity contribution in [2.24, 2.45) is 0 Å². The van der Waals surface area contributed by atoms with Gasteiger partial charge in [0.05, 0.1) is 12.2 Å². The van der Waals surface area contributed by atoms with E-state index in [0.29, 0.717) is 17.9 Å². The summed E-state index contributed by atoms with van der Waals surface area (Å²) in [5.41, 5.74) is 3.58. The van der Waals surface area contributed by atoms with Gasteiger partial charge in [-0.25, -0.2) is 0 Å². The highest BCUT2D eigenvalue weighted by Gasteiger charge is 2.09. The number of anilines is 1. The number of carbonyl (C=O) groups is 1. The Morgan fingerprint density at radius 3 is 2.71 bits per heavy atom. The fraction of sp³-hybridized carbons (Fsp3) is 0.375. The van der Waals surface area contributed by atoms with Crippen LogP contribution >= 0.6 is 0 Å². The average molecular weight is 287 g/mol. The van der Waals surface area contributed by atoms with Gasteiger partial charge in [-0.3, -0.25) is 4.79 Å². The number of carbonyl (C=O) groups excluding carboxylic acids is 1. The van der Waals surface area contributed by atoms with Crippen LogP contribution in [-0.2, 0) is 6.54 Å². The normalized spacial score (nSPS) is 10.4. The summed E-state index contributed by atoms with van der Waals surface area (Å²) in [5, 5.41) is 9.95. The molecule has 0 unspecified atom stereocenters. The van der Waals surface area contributed by atoms with Gasteiger partial charge in [0.1, 0.15) is 0 Å². The van der Waals surface area contributed by atoms with Crippen molar-refractivity contribution in [1.82, 2.24) is 10.5 Å². The molecular formula is C16H21N3O2. The van der Waals surface area contributed by atoms with Gasteiger partial charge in [-0.05, 0) is 44.0 Å². The molecule has 1 amide bonds. The molecule has 0 aliphatic carbocycles. The summed E-state index contributed by atoms with van der Waals surface area (Å²) in [4.78, 5) is 12.1. The van der Waals surface area contributed by atoms with E-state index in [-0.39, 0.29) is 5.91 Å². The molecule has 2 rings (SSSR count). The molecule has 112 valence electrons. The van der Waals surface area contributed by atoms with Crippen LogP contribution in [0.4, 0.5) is 5.69 Å². The molecule has 0 fully saturated rings. The predicted molar refractivity (Wildman–Crippen MR) is 82.4 cm³/mol. The van der Waals surface area contributed by atoms with E-state index in [4.69, 9.17) is 4.52 Å². The van der Waals surface area contributed by atoms with Gasteiger partial charge >= 0.3 is 0 Å². The van der Waals surface area contributed by atoms with Gasteiger partial charge in [-0.2, -0.15) is 0 Å². The molecule has 2 N–H and O–H groups in total. The summed E-state index contributed by atoms with van der Waals surface area (Å²) in [6.07, 6.45) is 1.07. The lowest BCUT2D eigenvalue weighted by molar-refractivity contribution is 0.0947. The van der Waals surface area contributed by atoms with Crippen molar-refractivity contribution in [3.63, 3.8) is 0 Å². The summed E-state index contributed by atoms with van der Waals surface area (Å²) >= 11 is 0. The number of nitrogens with one attached hydrogen (secondary N) is 2. The Morgan fingerprint density at radius 2 is 2.10 bits per heavy atom. The first kappa shape index (κ1) is 15.1. The molecule has 2 aromatic rings. The van der Waals surface area contributed by atoms with E-state index in [1.165, 1.54) is 0 Å². The number of nitrogens with zero attached hydrogens (tertiary/aromatic N) is 1. The van der Waals surface area contributed by atoms with E-state index in [1.54, 1.807) is 0 Å². The summed E-state index contributed by atoms with van der Waals surface area (Å²) < 4.78 is 5.06. The van der Waals surface area contributed by atoms with E-state index < -0.39 is 0 Å². The number of rotatable bonds is 6. The fourth-order valence-corrected chi connectivity index (χ4v) is 2.03. The van der Waals surface area contributed by atoms with Crippen LogP contribution in [-0.4, -0.2) is 17.6 Å². The number of hydrogen-bond acceptors (Lipinski definition) is 4. The van der Waals surface area contributed by atoms with Gasteiger partial charge < -0.3 is 15.2 Å². The first-order valence-corrected chi connectivity index (χ1v) is 7.15. The van der Waals surface area contributed by atoms with E-state index in [2.05, 4.69) is 22.7 Å². The van der Waals surface area contributed by atoms with Gasteiger partial charge in [-0.15, -0.1) is 0 Å². The maximum atomic E-state index is 12.1. The first-order chi connectivity index (χ1) is 10.1. The monoisotopic (exact) mass is 287 g/mol. The smallest absolute Gasteiger partial charge is 0.251 e. The Kier molecular flexibility index (Phi) is 4.98. The number of benzene rings is 1. The zero-order chi connectivity index (χ0) is 15.2. The van der Waals surface area contributed by atoms with Crippen LogP contribution in [0.2, 0.25) is 0 Å². The third-order valence-corrected chi connectivity index (χ3v) is 3.15. The van der Waals surface area contributed by atoms with Crippen LogP contribution in [0, 0.1) is 13.8 Å². The molecule has 0 radical (unpaired) electrons. The number of amides is 1. The summed E-state index contributed by atoms with van der Waals surface area (Å²) in [5.74, 6) is 0.535. The number of aromatic nitrogens is 1. The molecule has 21 heavy (non-hydrogen) atoms. The summed E-state index contributed by atoms with van der Waals surface area (Å²) in [7, 11) is 0. The van der Waals surface area contributed by atoms with Crippen LogP contribution in [0.5, 0.6) is 0 Å². The Balaban J connectivity index is 1.97. The van der Waals surface area contributed by atoms with E-state index in [9.17, 15) is 4.79 Å². The minimum atomic E-state index is -0.116. The van der Waals surface area contributed by atoms with Crippen molar-refractivity contribution in [2.45, 2.75) is 33.7 Å². The van der Waals surface area contributed by atoms with E-state index >= 15 is 0 Å². The fourth-order valence-electron chi connectivity index (χ4n) is 2.03. The quantitative estimate of drug-likeness (QED) is 0.857. The van der Waals surface area contributed by atoms with E-state index in [1.807, 2.05) is 38.1 Å². The molecule has 0 bridgehead atoms. The molecule has 1 aromatic heterocycles. The zero-order valence-electron chi connectivity index (χ0n) is 12.7.